The van der Waals surface area contributed by atoms with Gasteiger partial charge in [0, 0.05) is 10.7 Å². The normalized spacial score (nSPS) is 10.0. The molecule has 0 radical (unpaired) electrons. The third kappa shape index (κ3) is 6.78. The number of methoxy groups -OCH3 is 1. The largest absolute Gasteiger partial charge is 0.465 e. The molecule has 0 saturated heterocycles. The summed E-state index contributed by atoms with van der Waals surface area (Å²) >= 11 is 11.7. The molecule has 2 rings (SSSR count). The Hall–Kier alpha value is -3.10. The van der Waals surface area contributed by atoms with Crippen LogP contribution in [0.1, 0.15) is 20.7 Å². The molecule has 0 aliphatic rings. The zero-order valence-electron chi connectivity index (χ0n) is 15.2. The number of carbonyl (C=O) groups is 4. The minimum Gasteiger partial charge on any atom is -0.465 e. The second-order valence-electron chi connectivity index (χ2n) is 5.58. The average molecular weight is 439 g/mol. The van der Waals surface area contributed by atoms with Gasteiger partial charge in [-0.2, -0.15) is 0 Å². The molecule has 0 unspecified atom stereocenters. The van der Waals surface area contributed by atoms with Crippen LogP contribution in [0.2, 0.25) is 10.0 Å². The highest BCUT2D eigenvalue weighted by atomic mass is 35.5. The molecule has 2 aromatic rings. The van der Waals surface area contributed by atoms with Crippen molar-refractivity contribution in [3.8, 4) is 0 Å². The molecular weight excluding hydrogens is 423 g/mol. The molecule has 0 saturated carbocycles. The first-order chi connectivity index (χ1) is 13.8. The van der Waals surface area contributed by atoms with Crippen LogP contribution < -0.4 is 10.6 Å². The number of hydrogen-bond donors (Lipinski definition) is 2. The Kier molecular flexibility index (Phi) is 7.99. The molecule has 152 valence electrons. The smallest absolute Gasteiger partial charge is 0.337 e. The van der Waals surface area contributed by atoms with Gasteiger partial charge in [-0.25, -0.2) is 4.79 Å². The maximum atomic E-state index is 12.0. The third-order valence-corrected chi connectivity index (χ3v) is 4.07. The van der Waals surface area contributed by atoms with Crippen molar-refractivity contribution in [1.29, 1.82) is 0 Å². The Bertz CT molecular complexity index is 931. The molecule has 10 heteroatoms. The van der Waals surface area contributed by atoms with Crippen LogP contribution in [0.5, 0.6) is 0 Å². The van der Waals surface area contributed by atoms with Gasteiger partial charge < -0.3 is 20.1 Å². The summed E-state index contributed by atoms with van der Waals surface area (Å²) in [5.41, 5.74) is 0.884. The standard InChI is InChI=1S/C19H16Cl2N2O6/c1-28-19(27)11-2-5-13(6-3-11)23-16(24)10-29-17(25)9-22-18(26)14-7-4-12(20)8-15(14)21/h2-8H,9-10H2,1H3,(H,22,26)(H,23,24). The van der Waals surface area contributed by atoms with Crippen LogP contribution in [0, 0.1) is 0 Å². The first-order valence-electron chi connectivity index (χ1n) is 8.17. The second-order valence-corrected chi connectivity index (χ2v) is 6.43. The van der Waals surface area contributed by atoms with Crippen molar-refractivity contribution in [2.24, 2.45) is 0 Å². The van der Waals surface area contributed by atoms with E-state index in [1.165, 1.54) is 49.6 Å². The van der Waals surface area contributed by atoms with Crippen molar-refractivity contribution in [2.75, 3.05) is 25.6 Å². The van der Waals surface area contributed by atoms with Crippen LogP contribution in [-0.2, 0) is 19.1 Å². The van der Waals surface area contributed by atoms with Crippen molar-refractivity contribution in [1.82, 2.24) is 5.32 Å². The van der Waals surface area contributed by atoms with Gasteiger partial charge in [-0.1, -0.05) is 23.2 Å². The lowest BCUT2D eigenvalue weighted by Gasteiger charge is -2.09. The van der Waals surface area contributed by atoms with Crippen molar-refractivity contribution in [3.63, 3.8) is 0 Å². The van der Waals surface area contributed by atoms with Crippen molar-refractivity contribution in [3.05, 3.63) is 63.6 Å². The first-order valence-corrected chi connectivity index (χ1v) is 8.93. The van der Waals surface area contributed by atoms with Gasteiger partial charge in [0.2, 0.25) is 0 Å². The Morgan fingerprint density at radius 1 is 1.00 bits per heavy atom. The number of carbonyl (C=O) groups excluding carboxylic acids is 4. The number of esters is 2. The lowest BCUT2D eigenvalue weighted by atomic mass is 10.2. The van der Waals surface area contributed by atoms with Crippen LogP contribution in [-0.4, -0.2) is 44.0 Å². The summed E-state index contributed by atoms with van der Waals surface area (Å²) in [6.45, 7) is -0.992. The van der Waals surface area contributed by atoms with Crippen LogP contribution >= 0.6 is 23.2 Å². The van der Waals surface area contributed by atoms with E-state index in [1.54, 1.807) is 0 Å². The van der Waals surface area contributed by atoms with Gasteiger partial charge in [0.05, 0.1) is 23.3 Å². The summed E-state index contributed by atoms with van der Waals surface area (Å²) in [5.74, 6) is -2.48. The first kappa shape index (κ1) is 22.2. The van der Waals surface area contributed by atoms with E-state index in [9.17, 15) is 19.2 Å². The summed E-state index contributed by atoms with van der Waals surface area (Å²) in [7, 11) is 1.26. The van der Waals surface area contributed by atoms with Gasteiger partial charge in [-0.05, 0) is 42.5 Å². The molecular formula is C19H16Cl2N2O6. The molecule has 0 heterocycles. The fourth-order valence-corrected chi connectivity index (χ4v) is 2.62. The fraction of sp³-hybridized carbons (Fsp3) is 0.158. The topological polar surface area (TPSA) is 111 Å². The van der Waals surface area contributed by atoms with Crippen LogP contribution in [0.25, 0.3) is 0 Å². The number of benzene rings is 2. The summed E-state index contributed by atoms with van der Waals surface area (Å²) in [4.78, 5) is 46.9. The molecule has 0 aliphatic heterocycles. The Balaban J connectivity index is 1.76. The molecule has 0 aliphatic carbocycles. The van der Waals surface area contributed by atoms with E-state index >= 15 is 0 Å². The molecule has 29 heavy (non-hydrogen) atoms. The minimum atomic E-state index is -0.806. The number of anilines is 1. The number of halogens is 2. The Labute approximate surface area is 176 Å². The zero-order chi connectivity index (χ0) is 21.4. The van der Waals surface area contributed by atoms with Gasteiger partial charge >= 0.3 is 11.9 Å². The van der Waals surface area contributed by atoms with E-state index in [4.69, 9.17) is 27.9 Å². The molecule has 0 bridgehead atoms. The lowest BCUT2D eigenvalue weighted by molar-refractivity contribution is -0.146. The van der Waals surface area contributed by atoms with E-state index in [1.807, 2.05) is 0 Å². The number of nitrogens with one attached hydrogen (secondary N) is 2. The second kappa shape index (κ2) is 10.4. The summed E-state index contributed by atoms with van der Waals surface area (Å²) in [6.07, 6.45) is 0. The molecule has 0 fully saturated rings. The number of hydrogen-bond acceptors (Lipinski definition) is 6. The van der Waals surface area contributed by atoms with Gasteiger partial charge in [0.15, 0.2) is 6.61 Å². The highest BCUT2D eigenvalue weighted by Gasteiger charge is 2.14. The van der Waals surface area contributed by atoms with Crippen LogP contribution in [0.15, 0.2) is 42.5 Å². The highest BCUT2D eigenvalue weighted by Crippen LogP contribution is 2.20. The van der Waals surface area contributed by atoms with Crippen molar-refractivity contribution in [2.45, 2.75) is 0 Å². The van der Waals surface area contributed by atoms with Gasteiger partial charge in [0.25, 0.3) is 11.8 Å². The average Bonchev–Trinajstić information content (AvgIpc) is 2.70. The zero-order valence-corrected chi connectivity index (χ0v) is 16.7. The number of amides is 2. The monoisotopic (exact) mass is 438 g/mol. The molecule has 2 N–H and O–H groups in total. The van der Waals surface area contributed by atoms with Gasteiger partial charge in [-0.3, -0.25) is 14.4 Å². The highest BCUT2D eigenvalue weighted by molar-refractivity contribution is 6.36. The molecule has 0 spiro atoms. The molecule has 8 nitrogen and oxygen atoms in total. The quantitative estimate of drug-likeness (QED) is 0.642. The number of rotatable bonds is 7. The van der Waals surface area contributed by atoms with E-state index in [2.05, 4.69) is 15.4 Å². The van der Waals surface area contributed by atoms with Crippen LogP contribution in [0.3, 0.4) is 0 Å². The van der Waals surface area contributed by atoms with Crippen LogP contribution in [0.4, 0.5) is 5.69 Å². The molecule has 2 amide bonds. The van der Waals surface area contributed by atoms with Crippen molar-refractivity contribution < 1.29 is 28.7 Å². The fourth-order valence-electron chi connectivity index (χ4n) is 2.12. The lowest BCUT2D eigenvalue weighted by Crippen LogP contribution is -2.32. The maximum Gasteiger partial charge on any atom is 0.337 e. The van der Waals surface area contributed by atoms with Gasteiger partial charge in [-0.15, -0.1) is 0 Å². The third-order valence-electron chi connectivity index (χ3n) is 3.52. The predicted molar refractivity (Wildman–Crippen MR) is 106 cm³/mol. The van der Waals surface area contributed by atoms with E-state index < -0.39 is 36.9 Å². The van der Waals surface area contributed by atoms with Crippen molar-refractivity contribution >= 4 is 52.6 Å². The van der Waals surface area contributed by atoms with Gasteiger partial charge in [0.1, 0.15) is 6.54 Å². The Morgan fingerprint density at radius 3 is 2.31 bits per heavy atom. The Morgan fingerprint density at radius 2 is 1.69 bits per heavy atom. The molecule has 0 aromatic heterocycles. The summed E-state index contributed by atoms with van der Waals surface area (Å²) < 4.78 is 9.37. The number of ether oxygens (including phenoxy) is 2. The SMILES string of the molecule is COC(=O)c1ccc(NC(=O)COC(=O)CNC(=O)c2ccc(Cl)cc2Cl)cc1. The maximum absolute atomic E-state index is 12.0. The minimum absolute atomic E-state index is 0.140. The van der Waals surface area contributed by atoms with E-state index in [0.29, 0.717) is 16.3 Å². The van der Waals surface area contributed by atoms with E-state index in [-0.39, 0.29) is 10.6 Å². The summed E-state index contributed by atoms with van der Waals surface area (Å²) in [6, 6.07) is 10.3. The summed E-state index contributed by atoms with van der Waals surface area (Å²) in [5, 5.41) is 5.35. The predicted octanol–water partition coefficient (Wildman–Crippen LogP) is 2.69. The molecule has 0 atom stereocenters. The molecule has 2 aromatic carbocycles. The van der Waals surface area contributed by atoms with E-state index in [0.717, 1.165) is 0 Å².